The number of rotatable bonds is 0. The van der Waals surface area contributed by atoms with E-state index < -0.39 is 0 Å². The smallest absolute Gasteiger partial charge is 0.205 e. The van der Waals surface area contributed by atoms with Crippen LogP contribution in [0.4, 0.5) is 0 Å². The summed E-state index contributed by atoms with van der Waals surface area (Å²) in [7, 11) is 0. The van der Waals surface area contributed by atoms with Gasteiger partial charge in [-0.15, -0.1) is 0 Å². The van der Waals surface area contributed by atoms with Gasteiger partial charge in [0.15, 0.2) is 0 Å². The molecule has 1 aliphatic rings. The van der Waals surface area contributed by atoms with E-state index in [0.29, 0.717) is 6.42 Å². The highest BCUT2D eigenvalue weighted by Gasteiger charge is 1.98. The zero-order valence-corrected chi connectivity index (χ0v) is 4.03. The molecule has 0 amide bonds. The first-order valence-electron chi connectivity index (χ1n) is 2.41. The fourth-order valence-electron chi connectivity index (χ4n) is 0.561. The topological polar surface area (TPSA) is 17.1 Å². The summed E-state index contributed by atoms with van der Waals surface area (Å²) in [5, 5.41) is 0. The third-order valence-electron chi connectivity index (χ3n) is 0.933. The van der Waals surface area contributed by atoms with Crippen LogP contribution in [0.2, 0.25) is 0 Å². The quantitative estimate of drug-likeness (QED) is 0.319. The van der Waals surface area contributed by atoms with E-state index in [1.807, 2.05) is 0 Å². The monoisotopic (exact) mass is 94.0 g/mol. The number of carbonyl (C=O) groups excluding carboxylic acids is 1. The number of hydrogen-bond donors (Lipinski definition) is 0. The van der Waals surface area contributed by atoms with Gasteiger partial charge in [-0.3, -0.25) is 4.79 Å². The number of hydrogen-bond acceptors (Lipinski definition) is 1. The van der Waals surface area contributed by atoms with Gasteiger partial charge in [-0.05, 0) is 12.3 Å². The van der Waals surface area contributed by atoms with Crippen molar-refractivity contribution in [2.24, 2.45) is 0 Å². The number of carbonyl (C=O) groups is 1. The van der Waals surface area contributed by atoms with Crippen molar-refractivity contribution in [3.63, 3.8) is 0 Å². The molecular weight excluding hydrogens is 88.1 g/mol. The second-order valence-electron chi connectivity index (χ2n) is 1.58. The minimum Gasteiger partial charge on any atom is -0.285 e. The molecule has 0 bridgehead atoms. The Morgan fingerprint density at radius 2 is 2.43 bits per heavy atom. The van der Waals surface area contributed by atoms with Crippen LogP contribution in [0.1, 0.15) is 19.3 Å². The van der Waals surface area contributed by atoms with Crippen molar-refractivity contribution in [2.45, 2.75) is 19.3 Å². The molecule has 0 aromatic heterocycles. The standard InChI is InChI=1S/C6H6O/c7-6-4-2-1-3-5-6/h1-2,4H2. The van der Waals surface area contributed by atoms with Crippen molar-refractivity contribution >= 4 is 5.78 Å². The summed E-state index contributed by atoms with van der Waals surface area (Å²) in [5.41, 5.74) is 0. The van der Waals surface area contributed by atoms with Gasteiger partial charge >= 0.3 is 0 Å². The van der Waals surface area contributed by atoms with Crippen molar-refractivity contribution < 1.29 is 4.79 Å². The molecule has 1 aliphatic carbocycles. The van der Waals surface area contributed by atoms with Gasteiger partial charge in [0.05, 0.1) is 0 Å². The molecule has 0 unspecified atom stereocenters. The lowest BCUT2D eigenvalue weighted by atomic mass is 10.1. The van der Waals surface area contributed by atoms with Gasteiger partial charge < -0.3 is 0 Å². The van der Waals surface area contributed by atoms with Gasteiger partial charge in [0.2, 0.25) is 5.78 Å². The Kier molecular flexibility index (Phi) is 1.12. The molecule has 0 heterocycles. The molecule has 36 valence electrons. The lowest BCUT2D eigenvalue weighted by Crippen LogP contribution is -1.96. The van der Waals surface area contributed by atoms with E-state index in [0.717, 1.165) is 12.8 Å². The van der Waals surface area contributed by atoms with Crippen molar-refractivity contribution in [3.8, 4) is 11.8 Å². The summed E-state index contributed by atoms with van der Waals surface area (Å²) >= 11 is 0. The van der Waals surface area contributed by atoms with E-state index in [2.05, 4.69) is 11.8 Å². The SMILES string of the molecule is O=C1C#CCCC1. The van der Waals surface area contributed by atoms with Crippen LogP contribution in [0.5, 0.6) is 0 Å². The Hall–Kier alpha value is -0.770. The van der Waals surface area contributed by atoms with Gasteiger partial charge in [-0.1, -0.05) is 5.92 Å². The molecule has 0 atom stereocenters. The average Bonchev–Trinajstić information content (AvgIpc) is 1.69. The second kappa shape index (κ2) is 1.79. The average molecular weight is 94.1 g/mol. The van der Waals surface area contributed by atoms with Crippen LogP contribution in [0, 0.1) is 11.8 Å². The number of ketones is 1. The van der Waals surface area contributed by atoms with Gasteiger partial charge in [0.25, 0.3) is 0 Å². The molecule has 1 rings (SSSR count). The zero-order chi connectivity index (χ0) is 5.11. The van der Waals surface area contributed by atoms with Crippen LogP contribution in [-0.4, -0.2) is 5.78 Å². The molecule has 0 radical (unpaired) electrons. The van der Waals surface area contributed by atoms with Crippen molar-refractivity contribution in [2.75, 3.05) is 0 Å². The minimum atomic E-state index is 0.103. The van der Waals surface area contributed by atoms with E-state index in [1.54, 1.807) is 0 Å². The zero-order valence-electron chi connectivity index (χ0n) is 4.03. The molecule has 0 fully saturated rings. The first-order valence-corrected chi connectivity index (χ1v) is 2.41. The molecule has 0 spiro atoms. The third kappa shape index (κ3) is 1.04. The Labute approximate surface area is 42.7 Å². The molecule has 0 saturated carbocycles. The molecule has 0 N–H and O–H groups in total. The summed E-state index contributed by atoms with van der Waals surface area (Å²) in [6, 6.07) is 0. The summed E-state index contributed by atoms with van der Waals surface area (Å²) < 4.78 is 0. The Bertz CT molecular complexity index is 136. The Balaban J connectivity index is 2.62. The number of Topliss-reactive ketones (excluding diaryl/α,β-unsaturated/α-hetero) is 1. The molecule has 0 saturated heterocycles. The van der Waals surface area contributed by atoms with Crippen molar-refractivity contribution in [1.29, 1.82) is 0 Å². The largest absolute Gasteiger partial charge is 0.285 e. The fraction of sp³-hybridized carbons (Fsp3) is 0.500. The predicted octanol–water partition coefficient (Wildman–Crippen LogP) is 0.743. The molecule has 1 nitrogen and oxygen atoms in total. The third-order valence-corrected chi connectivity index (χ3v) is 0.933. The van der Waals surface area contributed by atoms with E-state index in [9.17, 15) is 4.79 Å². The van der Waals surface area contributed by atoms with E-state index in [4.69, 9.17) is 0 Å². The normalized spacial score (nSPS) is 18.0. The van der Waals surface area contributed by atoms with E-state index >= 15 is 0 Å². The van der Waals surface area contributed by atoms with Crippen LogP contribution in [-0.2, 0) is 4.79 Å². The molecule has 0 aromatic carbocycles. The lowest BCUT2D eigenvalue weighted by Gasteiger charge is -1.92. The maximum atomic E-state index is 10.3. The highest BCUT2D eigenvalue weighted by atomic mass is 16.1. The van der Waals surface area contributed by atoms with E-state index in [-0.39, 0.29) is 5.78 Å². The highest BCUT2D eigenvalue weighted by Crippen LogP contribution is 1.98. The molecule has 7 heavy (non-hydrogen) atoms. The van der Waals surface area contributed by atoms with Crippen molar-refractivity contribution in [3.05, 3.63) is 0 Å². The first kappa shape index (κ1) is 4.39. The van der Waals surface area contributed by atoms with Crippen LogP contribution < -0.4 is 0 Å². The van der Waals surface area contributed by atoms with Crippen molar-refractivity contribution in [1.82, 2.24) is 0 Å². The lowest BCUT2D eigenvalue weighted by molar-refractivity contribution is -0.114. The Morgan fingerprint density at radius 3 is 2.71 bits per heavy atom. The summed E-state index contributed by atoms with van der Waals surface area (Å²) in [5.74, 6) is 5.33. The predicted molar refractivity (Wildman–Crippen MR) is 26.6 cm³/mol. The maximum absolute atomic E-state index is 10.3. The first-order chi connectivity index (χ1) is 3.39. The summed E-state index contributed by atoms with van der Waals surface area (Å²) in [4.78, 5) is 10.3. The van der Waals surface area contributed by atoms with Gasteiger partial charge in [0.1, 0.15) is 0 Å². The Morgan fingerprint density at radius 1 is 1.57 bits per heavy atom. The second-order valence-corrected chi connectivity index (χ2v) is 1.58. The maximum Gasteiger partial charge on any atom is 0.205 e. The van der Waals surface area contributed by atoms with Crippen LogP contribution in [0.25, 0.3) is 0 Å². The van der Waals surface area contributed by atoms with Crippen LogP contribution in [0.3, 0.4) is 0 Å². The van der Waals surface area contributed by atoms with Gasteiger partial charge in [0, 0.05) is 12.8 Å². The molecular formula is C6H6O. The molecule has 0 aliphatic heterocycles. The summed E-state index contributed by atoms with van der Waals surface area (Å²) in [6.07, 6.45) is 2.55. The molecule has 0 aromatic rings. The van der Waals surface area contributed by atoms with Gasteiger partial charge in [-0.2, -0.15) is 0 Å². The minimum absolute atomic E-state index is 0.103. The van der Waals surface area contributed by atoms with Crippen LogP contribution in [0.15, 0.2) is 0 Å². The van der Waals surface area contributed by atoms with Crippen LogP contribution >= 0.6 is 0 Å². The molecule has 1 heteroatoms. The van der Waals surface area contributed by atoms with Gasteiger partial charge in [-0.25, -0.2) is 0 Å². The summed E-state index contributed by atoms with van der Waals surface area (Å²) in [6.45, 7) is 0. The van der Waals surface area contributed by atoms with E-state index in [1.165, 1.54) is 0 Å². The fourth-order valence-corrected chi connectivity index (χ4v) is 0.561. The highest BCUT2D eigenvalue weighted by molar-refractivity contribution is 5.96.